The molecule has 1 aromatic carbocycles. The summed E-state index contributed by atoms with van der Waals surface area (Å²) in [6.45, 7) is 4.52. The molecule has 0 aromatic heterocycles. The Labute approximate surface area is 96.1 Å². The predicted molar refractivity (Wildman–Crippen MR) is 62.7 cm³/mol. The number of carboxylic acid groups (broad SMARTS) is 1. The average molecular weight is 222 g/mol. The number of aryl methyl sites for hydroxylation is 1. The van der Waals surface area contributed by atoms with Crippen molar-refractivity contribution < 1.29 is 14.6 Å². The molecule has 1 aromatic rings. The second-order valence-corrected chi connectivity index (χ2v) is 4.15. The maximum Gasteiger partial charge on any atom is 0.303 e. The fourth-order valence-electron chi connectivity index (χ4n) is 1.41. The van der Waals surface area contributed by atoms with Gasteiger partial charge in [-0.3, -0.25) is 4.79 Å². The van der Waals surface area contributed by atoms with Gasteiger partial charge in [-0.15, -0.1) is 0 Å². The van der Waals surface area contributed by atoms with E-state index in [-0.39, 0.29) is 12.3 Å². The number of carbonyl (C=O) groups is 1. The molecule has 0 aliphatic carbocycles. The van der Waals surface area contributed by atoms with Crippen molar-refractivity contribution in [1.82, 2.24) is 0 Å². The van der Waals surface area contributed by atoms with Gasteiger partial charge in [-0.1, -0.05) is 24.6 Å². The fourth-order valence-corrected chi connectivity index (χ4v) is 1.41. The predicted octanol–water partition coefficient (Wildman–Crippen LogP) is 2.87. The van der Waals surface area contributed by atoms with Crippen LogP contribution in [0.3, 0.4) is 0 Å². The lowest BCUT2D eigenvalue weighted by Crippen LogP contribution is -2.08. The molecule has 0 radical (unpaired) electrons. The van der Waals surface area contributed by atoms with Crippen LogP contribution in [0.4, 0.5) is 0 Å². The molecule has 1 N–H and O–H groups in total. The minimum Gasteiger partial charge on any atom is -0.494 e. The van der Waals surface area contributed by atoms with Gasteiger partial charge < -0.3 is 9.84 Å². The Morgan fingerprint density at radius 3 is 2.56 bits per heavy atom. The molecule has 0 fully saturated rings. The van der Waals surface area contributed by atoms with Gasteiger partial charge in [0.25, 0.3) is 0 Å². The molecule has 1 unspecified atom stereocenters. The SMILES string of the molecule is Cc1ccc(OCCC(C)CC(=O)O)cc1. The maximum absolute atomic E-state index is 10.4. The van der Waals surface area contributed by atoms with E-state index in [9.17, 15) is 4.79 Å². The highest BCUT2D eigenvalue weighted by Gasteiger charge is 2.07. The van der Waals surface area contributed by atoms with Crippen molar-refractivity contribution in [1.29, 1.82) is 0 Å². The second kappa shape index (κ2) is 6.16. The Morgan fingerprint density at radius 2 is 2.00 bits per heavy atom. The first kappa shape index (κ1) is 12.6. The van der Waals surface area contributed by atoms with Gasteiger partial charge in [-0.2, -0.15) is 0 Å². The Balaban J connectivity index is 2.25. The van der Waals surface area contributed by atoms with Crippen LogP contribution >= 0.6 is 0 Å². The molecular weight excluding hydrogens is 204 g/mol. The number of carboxylic acids is 1. The van der Waals surface area contributed by atoms with Crippen LogP contribution in [0.1, 0.15) is 25.3 Å². The lowest BCUT2D eigenvalue weighted by molar-refractivity contribution is -0.138. The van der Waals surface area contributed by atoms with Gasteiger partial charge in [0.1, 0.15) is 5.75 Å². The topological polar surface area (TPSA) is 46.5 Å². The van der Waals surface area contributed by atoms with Crippen molar-refractivity contribution in [2.24, 2.45) is 5.92 Å². The monoisotopic (exact) mass is 222 g/mol. The van der Waals surface area contributed by atoms with Crippen molar-refractivity contribution in [2.45, 2.75) is 26.7 Å². The second-order valence-electron chi connectivity index (χ2n) is 4.15. The summed E-state index contributed by atoms with van der Waals surface area (Å²) < 4.78 is 5.52. The Morgan fingerprint density at radius 1 is 1.38 bits per heavy atom. The van der Waals surface area contributed by atoms with Crippen LogP contribution in [0, 0.1) is 12.8 Å². The quantitative estimate of drug-likeness (QED) is 0.805. The average Bonchev–Trinajstić information content (AvgIpc) is 2.20. The summed E-state index contributed by atoms with van der Waals surface area (Å²) >= 11 is 0. The molecule has 0 saturated heterocycles. The smallest absolute Gasteiger partial charge is 0.303 e. The molecule has 1 atom stereocenters. The number of rotatable bonds is 6. The van der Waals surface area contributed by atoms with Gasteiger partial charge in [0, 0.05) is 6.42 Å². The van der Waals surface area contributed by atoms with Crippen LogP contribution in [-0.2, 0) is 4.79 Å². The minimum absolute atomic E-state index is 0.156. The first-order valence-corrected chi connectivity index (χ1v) is 5.49. The molecule has 0 heterocycles. The van der Waals surface area contributed by atoms with E-state index < -0.39 is 5.97 Å². The van der Waals surface area contributed by atoms with Crippen LogP contribution in [0.25, 0.3) is 0 Å². The Bertz CT molecular complexity index is 330. The van der Waals surface area contributed by atoms with Crippen molar-refractivity contribution in [3.8, 4) is 5.75 Å². The molecule has 0 spiro atoms. The third kappa shape index (κ3) is 4.82. The van der Waals surface area contributed by atoms with E-state index in [0.29, 0.717) is 6.61 Å². The zero-order valence-corrected chi connectivity index (χ0v) is 9.77. The zero-order valence-electron chi connectivity index (χ0n) is 9.77. The van der Waals surface area contributed by atoms with E-state index >= 15 is 0 Å². The lowest BCUT2D eigenvalue weighted by Gasteiger charge is -2.10. The largest absolute Gasteiger partial charge is 0.494 e. The maximum atomic E-state index is 10.4. The van der Waals surface area contributed by atoms with Crippen LogP contribution in [0.5, 0.6) is 5.75 Å². The third-order valence-electron chi connectivity index (χ3n) is 2.42. The summed E-state index contributed by atoms with van der Waals surface area (Å²) in [4.78, 5) is 10.4. The fraction of sp³-hybridized carbons (Fsp3) is 0.462. The molecule has 1 rings (SSSR count). The van der Waals surface area contributed by atoms with Gasteiger partial charge in [0.15, 0.2) is 0 Å². The molecule has 3 heteroatoms. The van der Waals surface area contributed by atoms with Crippen molar-refractivity contribution in [3.05, 3.63) is 29.8 Å². The molecular formula is C13H18O3. The van der Waals surface area contributed by atoms with E-state index in [2.05, 4.69) is 0 Å². The molecule has 0 aliphatic rings. The first-order chi connectivity index (χ1) is 7.58. The Kier molecular flexibility index (Phi) is 4.83. The first-order valence-electron chi connectivity index (χ1n) is 5.49. The van der Waals surface area contributed by atoms with Crippen LogP contribution in [0.2, 0.25) is 0 Å². The molecule has 0 saturated carbocycles. The highest BCUT2D eigenvalue weighted by Crippen LogP contribution is 2.13. The summed E-state index contributed by atoms with van der Waals surface area (Å²) in [5.74, 6) is 0.249. The van der Waals surface area contributed by atoms with Crippen molar-refractivity contribution in [3.63, 3.8) is 0 Å². The summed E-state index contributed by atoms with van der Waals surface area (Å²) in [5.41, 5.74) is 1.20. The minimum atomic E-state index is -0.747. The standard InChI is InChI=1S/C13H18O3/c1-10-3-5-12(6-4-10)16-8-7-11(2)9-13(14)15/h3-6,11H,7-9H2,1-2H3,(H,14,15). The third-order valence-corrected chi connectivity index (χ3v) is 2.42. The molecule has 16 heavy (non-hydrogen) atoms. The van der Waals surface area contributed by atoms with Gasteiger partial charge >= 0.3 is 5.97 Å². The van der Waals surface area contributed by atoms with Gasteiger partial charge in [-0.25, -0.2) is 0 Å². The van der Waals surface area contributed by atoms with Gasteiger partial charge in [0.2, 0.25) is 0 Å². The molecule has 0 aliphatic heterocycles. The van der Waals surface area contributed by atoms with Gasteiger partial charge in [0.05, 0.1) is 6.61 Å². The number of benzene rings is 1. The van der Waals surface area contributed by atoms with E-state index in [1.807, 2.05) is 38.1 Å². The molecule has 0 amide bonds. The Hall–Kier alpha value is -1.51. The molecule has 88 valence electrons. The van der Waals surface area contributed by atoms with Crippen LogP contribution in [0.15, 0.2) is 24.3 Å². The summed E-state index contributed by atoms with van der Waals surface area (Å²) in [6, 6.07) is 7.85. The van der Waals surface area contributed by atoms with Crippen LogP contribution < -0.4 is 4.74 Å². The zero-order chi connectivity index (χ0) is 12.0. The molecule has 3 nitrogen and oxygen atoms in total. The highest BCUT2D eigenvalue weighted by atomic mass is 16.5. The van der Waals surface area contributed by atoms with E-state index in [1.54, 1.807) is 0 Å². The number of ether oxygens (including phenoxy) is 1. The normalized spacial score (nSPS) is 12.1. The van der Waals surface area contributed by atoms with E-state index in [1.165, 1.54) is 5.56 Å². The van der Waals surface area contributed by atoms with E-state index in [0.717, 1.165) is 12.2 Å². The molecule has 0 bridgehead atoms. The van der Waals surface area contributed by atoms with E-state index in [4.69, 9.17) is 9.84 Å². The number of aliphatic carboxylic acids is 1. The summed E-state index contributed by atoms with van der Waals surface area (Å²) in [7, 11) is 0. The van der Waals surface area contributed by atoms with Crippen LogP contribution in [-0.4, -0.2) is 17.7 Å². The van der Waals surface area contributed by atoms with Crippen molar-refractivity contribution in [2.75, 3.05) is 6.61 Å². The summed E-state index contributed by atoms with van der Waals surface area (Å²) in [6.07, 6.45) is 0.970. The van der Waals surface area contributed by atoms with Crippen molar-refractivity contribution >= 4 is 5.97 Å². The lowest BCUT2D eigenvalue weighted by atomic mass is 10.1. The highest BCUT2D eigenvalue weighted by molar-refractivity contribution is 5.66. The summed E-state index contributed by atoms with van der Waals surface area (Å²) in [5, 5.41) is 8.59. The number of hydrogen-bond donors (Lipinski definition) is 1. The van der Waals surface area contributed by atoms with Gasteiger partial charge in [-0.05, 0) is 31.4 Å². The number of hydrogen-bond acceptors (Lipinski definition) is 2.